The second-order valence-corrected chi connectivity index (χ2v) is 4.95. The smallest absolute Gasteiger partial charge is 0.287 e. The van der Waals surface area contributed by atoms with Crippen molar-refractivity contribution >= 4 is 29.2 Å². The molecule has 0 bridgehead atoms. The summed E-state index contributed by atoms with van der Waals surface area (Å²) in [5, 5.41) is 12.9. The molecule has 3 amide bonds. The van der Waals surface area contributed by atoms with Crippen molar-refractivity contribution in [1.82, 2.24) is 9.88 Å². The Morgan fingerprint density at radius 3 is 2.25 bits per heavy atom. The summed E-state index contributed by atoms with van der Waals surface area (Å²) in [7, 11) is 0. The molecule has 24 heavy (non-hydrogen) atoms. The Balaban J connectivity index is 1.69. The molecule has 2 heterocycles. The van der Waals surface area contributed by atoms with Gasteiger partial charge in [0.05, 0.1) is 16.1 Å². The molecule has 0 aliphatic carbocycles. The van der Waals surface area contributed by atoms with Crippen molar-refractivity contribution in [2.24, 2.45) is 0 Å². The third kappa shape index (κ3) is 2.70. The zero-order valence-electron chi connectivity index (χ0n) is 12.1. The van der Waals surface area contributed by atoms with E-state index in [0.717, 1.165) is 11.1 Å². The summed E-state index contributed by atoms with van der Waals surface area (Å²) in [4.78, 5) is 50.8. The van der Waals surface area contributed by atoms with Crippen molar-refractivity contribution in [1.29, 1.82) is 0 Å². The summed E-state index contributed by atoms with van der Waals surface area (Å²) < 4.78 is 0. The minimum absolute atomic E-state index is 0.0854. The van der Waals surface area contributed by atoms with E-state index in [1.54, 1.807) is 12.1 Å². The van der Waals surface area contributed by atoms with Gasteiger partial charge in [0.15, 0.2) is 0 Å². The molecule has 2 aromatic rings. The van der Waals surface area contributed by atoms with Gasteiger partial charge in [0.2, 0.25) is 5.91 Å². The third-order valence-corrected chi connectivity index (χ3v) is 3.41. The third-order valence-electron chi connectivity index (χ3n) is 3.41. The molecule has 9 heteroatoms. The van der Waals surface area contributed by atoms with Crippen LogP contribution in [0.3, 0.4) is 0 Å². The molecule has 0 radical (unpaired) electrons. The Kier molecular flexibility index (Phi) is 3.74. The fraction of sp³-hybridized carbons (Fsp3) is 0.0667. The van der Waals surface area contributed by atoms with Crippen molar-refractivity contribution < 1.29 is 19.3 Å². The molecule has 3 rings (SSSR count). The number of carbonyl (C=O) groups excluding carboxylic acids is 3. The molecule has 0 unspecified atom stereocenters. The van der Waals surface area contributed by atoms with Gasteiger partial charge in [-0.25, -0.2) is 4.98 Å². The number of fused-ring (bicyclic) bond motifs is 1. The van der Waals surface area contributed by atoms with Crippen LogP contribution in [0.4, 0.5) is 11.5 Å². The normalized spacial score (nSPS) is 12.9. The Labute approximate surface area is 135 Å². The number of hydrogen-bond donors (Lipinski definition) is 1. The maximum atomic E-state index is 12.1. The first-order valence-corrected chi connectivity index (χ1v) is 6.83. The number of amides is 3. The van der Waals surface area contributed by atoms with Gasteiger partial charge in [-0.15, -0.1) is 0 Å². The van der Waals surface area contributed by atoms with Crippen LogP contribution in [0.25, 0.3) is 0 Å². The summed E-state index contributed by atoms with van der Waals surface area (Å²) in [6, 6.07) is 8.75. The van der Waals surface area contributed by atoms with E-state index >= 15 is 0 Å². The van der Waals surface area contributed by atoms with Crippen LogP contribution in [-0.2, 0) is 4.79 Å². The van der Waals surface area contributed by atoms with Gasteiger partial charge in [0.25, 0.3) is 17.5 Å². The minimum atomic E-state index is -0.633. The number of anilines is 1. The number of pyridine rings is 1. The molecule has 0 spiro atoms. The van der Waals surface area contributed by atoms with Crippen LogP contribution in [0.5, 0.6) is 0 Å². The monoisotopic (exact) mass is 326 g/mol. The average molecular weight is 326 g/mol. The molecule has 1 aromatic heterocycles. The second-order valence-electron chi connectivity index (χ2n) is 4.95. The number of nitrogens with zero attached hydrogens (tertiary/aromatic N) is 3. The molecule has 120 valence electrons. The van der Waals surface area contributed by atoms with E-state index < -0.39 is 29.2 Å². The molecular weight excluding hydrogens is 316 g/mol. The lowest BCUT2D eigenvalue weighted by Crippen LogP contribution is -2.37. The van der Waals surface area contributed by atoms with E-state index in [1.807, 2.05) is 0 Å². The average Bonchev–Trinajstić information content (AvgIpc) is 2.81. The van der Waals surface area contributed by atoms with E-state index in [0.29, 0.717) is 0 Å². The maximum Gasteiger partial charge on any atom is 0.287 e. The fourth-order valence-corrected chi connectivity index (χ4v) is 2.28. The number of carbonyl (C=O) groups is 3. The topological polar surface area (TPSA) is 123 Å². The van der Waals surface area contributed by atoms with Crippen LogP contribution < -0.4 is 5.32 Å². The standard InChI is InChI=1S/C15H10N4O5/c20-13(17-12-6-5-9(7-16-12)19(23)24)8-18-14(21)10-3-1-2-4-11(10)15(18)22/h1-7H,8H2,(H,16,17,20). The summed E-state index contributed by atoms with van der Waals surface area (Å²) in [6.07, 6.45) is 0.998. The Hall–Kier alpha value is -3.62. The number of hydrogen-bond acceptors (Lipinski definition) is 6. The predicted octanol–water partition coefficient (Wildman–Crippen LogP) is 1.22. The van der Waals surface area contributed by atoms with Crippen LogP contribution in [0.15, 0.2) is 42.6 Å². The van der Waals surface area contributed by atoms with Gasteiger partial charge in [-0.05, 0) is 18.2 Å². The first-order chi connectivity index (χ1) is 11.5. The highest BCUT2D eigenvalue weighted by atomic mass is 16.6. The highest BCUT2D eigenvalue weighted by molar-refractivity contribution is 6.22. The number of nitrogens with one attached hydrogen (secondary N) is 1. The molecule has 1 aromatic carbocycles. The maximum absolute atomic E-state index is 12.1. The Bertz CT molecular complexity index is 827. The number of aromatic nitrogens is 1. The van der Waals surface area contributed by atoms with Crippen LogP contribution in [-0.4, -0.2) is 39.1 Å². The number of imide groups is 1. The van der Waals surface area contributed by atoms with Gasteiger partial charge in [0.1, 0.15) is 18.6 Å². The van der Waals surface area contributed by atoms with Gasteiger partial charge < -0.3 is 5.32 Å². The zero-order valence-corrected chi connectivity index (χ0v) is 12.1. The van der Waals surface area contributed by atoms with Gasteiger partial charge in [0, 0.05) is 6.07 Å². The molecule has 9 nitrogen and oxygen atoms in total. The SMILES string of the molecule is O=C(CN1C(=O)c2ccccc2C1=O)Nc1ccc([N+](=O)[O-])cn1. The molecule has 1 N–H and O–H groups in total. The largest absolute Gasteiger partial charge is 0.309 e. The van der Waals surface area contributed by atoms with Gasteiger partial charge >= 0.3 is 0 Å². The van der Waals surface area contributed by atoms with Gasteiger partial charge in [-0.1, -0.05) is 12.1 Å². The highest BCUT2D eigenvalue weighted by Gasteiger charge is 2.36. The molecule has 1 aliphatic rings. The summed E-state index contributed by atoms with van der Waals surface area (Å²) >= 11 is 0. The molecule has 0 saturated carbocycles. The lowest BCUT2D eigenvalue weighted by molar-refractivity contribution is -0.385. The van der Waals surface area contributed by atoms with Crippen molar-refractivity contribution in [2.45, 2.75) is 0 Å². The molecule has 0 atom stereocenters. The van der Waals surface area contributed by atoms with Crippen LogP contribution in [0, 0.1) is 10.1 Å². The minimum Gasteiger partial charge on any atom is -0.309 e. The molecule has 0 fully saturated rings. The number of rotatable bonds is 4. The van der Waals surface area contributed by atoms with Gasteiger partial charge in [-0.2, -0.15) is 0 Å². The van der Waals surface area contributed by atoms with E-state index in [2.05, 4.69) is 10.3 Å². The Morgan fingerprint density at radius 1 is 1.12 bits per heavy atom. The summed E-state index contributed by atoms with van der Waals surface area (Å²) in [5.74, 6) is -1.63. The summed E-state index contributed by atoms with van der Waals surface area (Å²) in [6.45, 7) is -0.467. The van der Waals surface area contributed by atoms with E-state index in [9.17, 15) is 24.5 Å². The van der Waals surface area contributed by atoms with Crippen molar-refractivity contribution in [3.8, 4) is 0 Å². The molecule has 1 aliphatic heterocycles. The first-order valence-electron chi connectivity index (χ1n) is 6.83. The fourth-order valence-electron chi connectivity index (χ4n) is 2.28. The van der Waals surface area contributed by atoms with Crippen LogP contribution in [0.2, 0.25) is 0 Å². The van der Waals surface area contributed by atoms with E-state index in [4.69, 9.17) is 0 Å². The zero-order chi connectivity index (χ0) is 17.3. The van der Waals surface area contributed by atoms with Crippen LogP contribution in [0.1, 0.15) is 20.7 Å². The lowest BCUT2D eigenvalue weighted by atomic mass is 10.1. The summed E-state index contributed by atoms with van der Waals surface area (Å²) in [5.41, 5.74) is 0.292. The highest BCUT2D eigenvalue weighted by Crippen LogP contribution is 2.22. The number of nitro groups is 1. The van der Waals surface area contributed by atoms with E-state index in [1.165, 1.54) is 24.3 Å². The van der Waals surface area contributed by atoms with Crippen molar-refractivity contribution in [3.05, 3.63) is 63.8 Å². The van der Waals surface area contributed by atoms with Crippen LogP contribution >= 0.6 is 0 Å². The Morgan fingerprint density at radius 2 is 1.75 bits per heavy atom. The molecular formula is C15H10N4O5. The van der Waals surface area contributed by atoms with Crippen molar-refractivity contribution in [2.75, 3.05) is 11.9 Å². The van der Waals surface area contributed by atoms with Crippen molar-refractivity contribution in [3.63, 3.8) is 0 Å². The molecule has 0 saturated heterocycles. The van der Waals surface area contributed by atoms with Gasteiger partial charge in [-0.3, -0.25) is 29.4 Å². The van der Waals surface area contributed by atoms with E-state index in [-0.39, 0.29) is 22.6 Å². The number of benzene rings is 1. The first kappa shape index (κ1) is 15.3. The lowest BCUT2D eigenvalue weighted by Gasteiger charge is -2.13. The quantitative estimate of drug-likeness (QED) is 0.512. The second kappa shape index (κ2) is 5.88. The predicted molar refractivity (Wildman–Crippen MR) is 81.3 cm³/mol.